The van der Waals surface area contributed by atoms with Crippen molar-refractivity contribution in [1.82, 2.24) is 15.0 Å². The Kier molecular flexibility index (Phi) is 6.97. The van der Waals surface area contributed by atoms with E-state index >= 15 is 0 Å². The quantitative estimate of drug-likeness (QED) is 0.320. The zero-order chi connectivity index (χ0) is 24.4. The summed E-state index contributed by atoms with van der Waals surface area (Å²) in [5.41, 5.74) is 2.27. The number of thiophene rings is 1. The van der Waals surface area contributed by atoms with Crippen LogP contribution in [-0.4, -0.2) is 61.7 Å². The maximum absolute atomic E-state index is 10.5. The third-order valence-electron chi connectivity index (χ3n) is 6.53. The summed E-state index contributed by atoms with van der Waals surface area (Å²) in [4.78, 5) is 15.6. The number of aliphatic hydroxyl groups excluding tert-OH is 3. The normalized spacial score (nSPS) is 23.5. The summed E-state index contributed by atoms with van der Waals surface area (Å²) >= 11 is 1.56. The van der Waals surface area contributed by atoms with Crippen LogP contribution in [0.1, 0.15) is 35.4 Å². The van der Waals surface area contributed by atoms with E-state index < -0.39 is 18.2 Å². The van der Waals surface area contributed by atoms with Gasteiger partial charge in [0.15, 0.2) is 0 Å². The molecule has 3 aromatic heterocycles. The van der Waals surface area contributed by atoms with Crippen molar-refractivity contribution in [3.8, 4) is 22.4 Å². The van der Waals surface area contributed by atoms with Gasteiger partial charge in [-0.1, -0.05) is 17.9 Å². The summed E-state index contributed by atoms with van der Waals surface area (Å²) in [7, 11) is 0. The van der Waals surface area contributed by atoms with E-state index in [1.54, 1.807) is 17.5 Å². The first kappa shape index (κ1) is 23.7. The minimum Gasteiger partial charge on any atom is -0.396 e. The molecule has 4 atom stereocenters. The molecule has 182 valence electrons. The average molecular weight is 492 g/mol. The van der Waals surface area contributed by atoms with Crippen LogP contribution in [0.15, 0.2) is 36.5 Å². The van der Waals surface area contributed by atoms with Crippen LogP contribution < -0.4 is 10.6 Å². The Morgan fingerprint density at radius 3 is 2.66 bits per heavy atom. The van der Waals surface area contributed by atoms with Crippen molar-refractivity contribution in [2.45, 2.75) is 44.4 Å². The van der Waals surface area contributed by atoms with Crippen molar-refractivity contribution in [2.24, 2.45) is 11.8 Å². The fraction of sp³-hybridized carbons (Fsp3) is 0.423. The lowest BCUT2D eigenvalue weighted by Crippen LogP contribution is -2.36. The minimum atomic E-state index is -1.01. The SMILES string of the molecule is Cc1nc(NCC2CC2)nc(N[C@@H]2C[C@H](CO)[C@@H](O)[C@H]2O)c1C#Cc1ccc(-c2ccccn2)s1. The molecule has 35 heavy (non-hydrogen) atoms. The van der Waals surface area contributed by atoms with Crippen LogP contribution in [-0.2, 0) is 0 Å². The van der Waals surface area contributed by atoms with Crippen LogP contribution >= 0.6 is 11.3 Å². The zero-order valence-corrected chi connectivity index (χ0v) is 20.3. The lowest BCUT2D eigenvalue weighted by atomic mass is 10.1. The molecule has 0 unspecified atom stereocenters. The van der Waals surface area contributed by atoms with E-state index in [4.69, 9.17) is 0 Å². The molecular formula is C26H29N5O3S. The summed E-state index contributed by atoms with van der Waals surface area (Å²) in [5, 5.41) is 36.9. The maximum atomic E-state index is 10.5. The second-order valence-electron chi connectivity index (χ2n) is 9.22. The van der Waals surface area contributed by atoms with Gasteiger partial charge in [0.1, 0.15) is 11.9 Å². The molecule has 2 saturated carbocycles. The van der Waals surface area contributed by atoms with E-state index in [2.05, 4.69) is 37.4 Å². The standard InChI is InChI=1S/C26H29N5O3S/c1-15-19(9-7-18-8-10-22(35-18)20-4-2-3-11-27-20)25(31-26(29-15)28-13-16-5-6-16)30-21-12-17(14-32)23(33)24(21)34/h2-4,8,10-11,16-17,21,23-24,32-34H,5-6,12-14H2,1H3,(H2,28,29,30,31)/t17-,21-,23-,24+/m1/s1. The number of aromatic nitrogens is 3. The fourth-order valence-corrected chi connectivity index (χ4v) is 5.10. The van der Waals surface area contributed by atoms with Gasteiger partial charge >= 0.3 is 0 Å². The van der Waals surface area contributed by atoms with Crippen molar-refractivity contribution < 1.29 is 15.3 Å². The van der Waals surface area contributed by atoms with Gasteiger partial charge in [0.25, 0.3) is 0 Å². The molecule has 0 aliphatic heterocycles. The third-order valence-corrected chi connectivity index (χ3v) is 7.55. The van der Waals surface area contributed by atoms with Gasteiger partial charge in [-0.25, -0.2) is 4.98 Å². The molecule has 2 aliphatic carbocycles. The Bertz CT molecular complexity index is 1230. The molecule has 0 spiro atoms. The minimum absolute atomic E-state index is 0.183. The van der Waals surface area contributed by atoms with Gasteiger partial charge < -0.3 is 26.0 Å². The molecule has 3 heterocycles. The first-order chi connectivity index (χ1) is 17.0. The number of rotatable bonds is 7. The van der Waals surface area contributed by atoms with Crippen LogP contribution in [0.2, 0.25) is 0 Å². The van der Waals surface area contributed by atoms with E-state index in [9.17, 15) is 15.3 Å². The maximum Gasteiger partial charge on any atom is 0.224 e. The molecule has 2 aliphatic rings. The molecule has 0 radical (unpaired) electrons. The molecule has 0 amide bonds. The highest BCUT2D eigenvalue weighted by Gasteiger charge is 2.41. The topological polar surface area (TPSA) is 123 Å². The van der Waals surface area contributed by atoms with Crippen molar-refractivity contribution in [3.63, 3.8) is 0 Å². The molecule has 3 aromatic rings. The zero-order valence-electron chi connectivity index (χ0n) is 19.5. The first-order valence-electron chi connectivity index (χ1n) is 11.9. The van der Waals surface area contributed by atoms with E-state index in [0.717, 1.165) is 27.7 Å². The van der Waals surface area contributed by atoms with E-state index in [-0.39, 0.29) is 12.5 Å². The van der Waals surface area contributed by atoms with Gasteiger partial charge in [-0.15, -0.1) is 11.3 Å². The molecular weight excluding hydrogens is 462 g/mol. The Morgan fingerprint density at radius 1 is 1.09 bits per heavy atom. The largest absolute Gasteiger partial charge is 0.396 e. The Hall–Kier alpha value is -3.03. The van der Waals surface area contributed by atoms with E-state index in [1.165, 1.54) is 12.8 Å². The molecule has 8 nitrogen and oxygen atoms in total. The first-order valence-corrected chi connectivity index (χ1v) is 12.7. The van der Waals surface area contributed by atoms with Crippen molar-refractivity contribution >= 4 is 23.1 Å². The Balaban J connectivity index is 1.43. The van der Waals surface area contributed by atoms with Crippen molar-refractivity contribution in [2.75, 3.05) is 23.8 Å². The fourth-order valence-electron chi connectivity index (χ4n) is 4.26. The number of aliphatic hydroxyl groups is 3. The number of pyridine rings is 1. The summed E-state index contributed by atoms with van der Waals surface area (Å²) in [6.07, 6.45) is 2.64. The van der Waals surface area contributed by atoms with Gasteiger partial charge in [0, 0.05) is 25.3 Å². The van der Waals surface area contributed by atoms with Crippen LogP contribution in [0, 0.1) is 30.6 Å². The predicted octanol–water partition coefficient (Wildman–Crippen LogP) is 2.64. The molecule has 0 bridgehead atoms. The summed E-state index contributed by atoms with van der Waals surface area (Å²) in [5.74, 6) is 7.76. The van der Waals surface area contributed by atoms with Gasteiger partial charge in [0.05, 0.1) is 38.9 Å². The third kappa shape index (κ3) is 5.46. The Labute approximate surface area is 208 Å². The van der Waals surface area contributed by atoms with Gasteiger partial charge in [0.2, 0.25) is 5.95 Å². The molecule has 0 aromatic carbocycles. The number of hydrogen-bond donors (Lipinski definition) is 5. The Morgan fingerprint density at radius 2 is 1.94 bits per heavy atom. The second-order valence-corrected chi connectivity index (χ2v) is 10.3. The average Bonchev–Trinajstić information content (AvgIpc) is 3.52. The van der Waals surface area contributed by atoms with Crippen molar-refractivity contribution in [1.29, 1.82) is 0 Å². The van der Waals surface area contributed by atoms with E-state index in [1.807, 2.05) is 37.3 Å². The van der Waals surface area contributed by atoms with Gasteiger partial charge in [-0.2, -0.15) is 4.98 Å². The molecule has 5 rings (SSSR count). The lowest BCUT2D eigenvalue weighted by Gasteiger charge is -2.20. The van der Waals surface area contributed by atoms with E-state index in [0.29, 0.717) is 29.7 Å². The highest BCUT2D eigenvalue weighted by Crippen LogP contribution is 2.31. The smallest absolute Gasteiger partial charge is 0.224 e. The van der Waals surface area contributed by atoms with Crippen molar-refractivity contribution in [3.05, 3.63) is 52.7 Å². The second kappa shape index (κ2) is 10.3. The summed E-state index contributed by atoms with van der Waals surface area (Å²) in [6.45, 7) is 2.53. The van der Waals surface area contributed by atoms with Crippen LogP contribution in [0.25, 0.3) is 10.6 Å². The number of anilines is 2. The number of aryl methyl sites for hydroxylation is 1. The number of nitrogens with zero attached hydrogens (tertiary/aromatic N) is 3. The highest BCUT2D eigenvalue weighted by molar-refractivity contribution is 7.16. The monoisotopic (exact) mass is 491 g/mol. The molecule has 2 fully saturated rings. The summed E-state index contributed by atoms with van der Waals surface area (Å²) in [6, 6.07) is 9.35. The molecule has 9 heteroatoms. The molecule has 0 saturated heterocycles. The number of nitrogens with one attached hydrogen (secondary N) is 2. The van der Waals surface area contributed by atoms with Gasteiger partial charge in [-0.3, -0.25) is 4.98 Å². The van der Waals surface area contributed by atoms with Crippen LogP contribution in [0.4, 0.5) is 11.8 Å². The van der Waals surface area contributed by atoms with Crippen LogP contribution in [0.3, 0.4) is 0 Å². The highest BCUT2D eigenvalue weighted by atomic mass is 32.1. The number of hydrogen-bond acceptors (Lipinski definition) is 9. The predicted molar refractivity (Wildman–Crippen MR) is 136 cm³/mol. The molecule has 5 N–H and O–H groups in total. The van der Waals surface area contributed by atoms with Gasteiger partial charge in [-0.05, 0) is 56.4 Å². The lowest BCUT2D eigenvalue weighted by molar-refractivity contribution is 0.00445. The summed E-state index contributed by atoms with van der Waals surface area (Å²) < 4.78 is 0. The van der Waals surface area contributed by atoms with Crippen LogP contribution in [0.5, 0.6) is 0 Å².